The Bertz CT molecular complexity index is 749. The molecule has 3 rings (SSSR count). The molecule has 0 fully saturated rings. The lowest BCUT2D eigenvalue weighted by Gasteiger charge is -2.16. The summed E-state index contributed by atoms with van der Waals surface area (Å²) in [7, 11) is 1.98. The maximum absolute atomic E-state index is 13.2. The number of nitrogens with zero attached hydrogens (tertiary/aromatic N) is 1. The van der Waals surface area contributed by atoms with Gasteiger partial charge in [-0.25, -0.2) is 8.78 Å². The van der Waals surface area contributed by atoms with E-state index in [9.17, 15) is 8.78 Å². The van der Waals surface area contributed by atoms with Crippen molar-refractivity contribution in [3.8, 4) is 0 Å². The van der Waals surface area contributed by atoms with Crippen molar-refractivity contribution in [2.24, 2.45) is 0 Å². The lowest BCUT2D eigenvalue weighted by atomic mass is 9.58. The molecule has 0 saturated carbocycles. The smallest absolute Gasteiger partial charge is 0.215 e. The molecule has 1 aromatic heterocycles. The van der Waals surface area contributed by atoms with Crippen molar-refractivity contribution in [1.29, 1.82) is 0 Å². The monoisotopic (exact) mass is 323 g/mol. The topological polar surface area (TPSA) is 28.7 Å². The molecule has 0 saturated heterocycles. The molecule has 2 nitrogen and oxygen atoms in total. The van der Waals surface area contributed by atoms with Crippen LogP contribution in [0.15, 0.2) is 54.7 Å². The SMILES string of the molecule is CC(C)c1cnc([B]C(c2ccc(F)cc2)c2ccc(F)cc2)[nH]1. The van der Waals surface area contributed by atoms with Crippen molar-refractivity contribution < 1.29 is 8.78 Å². The fraction of sp³-hybridized carbons (Fsp3) is 0.211. The predicted octanol–water partition coefficient (Wildman–Crippen LogP) is 3.93. The van der Waals surface area contributed by atoms with Crippen LogP contribution in [0.4, 0.5) is 8.78 Å². The van der Waals surface area contributed by atoms with E-state index in [1.165, 1.54) is 24.3 Å². The number of halogens is 2. The third kappa shape index (κ3) is 3.73. The van der Waals surface area contributed by atoms with E-state index in [1.54, 1.807) is 24.3 Å². The first kappa shape index (κ1) is 16.4. The third-order valence-corrected chi connectivity index (χ3v) is 4.02. The second-order valence-corrected chi connectivity index (χ2v) is 6.13. The van der Waals surface area contributed by atoms with Gasteiger partial charge in [-0.15, -0.1) is 0 Å². The average Bonchev–Trinajstić information content (AvgIpc) is 3.04. The van der Waals surface area contributed by atoms with Gasteiger partial charge in [0.2, 0.25) is 7.28 Å². The largest absolute Gasteiger partial charge is 0.354 e. The zero-order valence-corrected chi connectivity index (χ0v) is 13.6. The molecule has 0 amide bonds. The van der Waals surface area contributed by atoms with Gasteiger partial charge in [0.1, 0.15) is 11.6 Å². The van der Waals surface area contributed by atoms with Crippen molar-refractivity contribution in [2.75, 3.05) is 0 Å². The van der Waals surface area contributed by atoms with Gasteiger partial charge in [0.05, 0.1) is 5.72 Å². The summed E-state index contributed by atoms with van der Waals surface area (Å²) < 4.78 is 26.5. The molecule has 1 N–H and O–H groups in total. The van der Waals surface area contributed by atoms with E-state index in [0.29, 0.717) is 5.92 Å². The first-order chi connectivity index (χ1) is 11.5. The average molecular weight is 323 g/mol. The van der Waals surface area contributed by atoms with Crippen LogP contribution >= 0.6 is 0 Å². The minimum absolute atomic E-state index is 0.141. The van der Waals surface area contributed by atoms with Crippen molar-refractivity contribution in [1.82, 2.24) is 9.97 Å². The zero-order chi connectivity index (χ0) is 17.1. The van der Waals surface area contributed by atoms with Crippen LogP contribution in [0.5, 0.6) is 0 Å². The highest BCUT2D eigenvalue weighted by molar-refractivity contribution is 6.53. The summed E-state index contributed by atoms with van der Waals surface area (Å²) in [6.45, 7) is 4.18. The molecule has 121 valence electrons. The minimum Gasteiger partial charge on any atom is -0.354 e. The van der Waals surface area contributed by atoms with E-state index in [0.717, 1.165) is 22.5 Å². The van der Waals surface area contributed by atoms with Crippen LogP contribution in [0.2, 0.25) is 0 Å². The van der Waals surface area contributed by atoms with Gasteiger partial charge in [0, 0.05) is 11.9 Å². The van der Waals surface area contributed by atoms with E-state index in [-0.39, 0.29) is 17.5 Å². The summed E-state index contributed by atoms with van der Waals surface area (Å²) in [5, 5.41) is 0. The number of benzene rings is 2. The molecule has 24 heavy (non-hydrogen) atoms. The van der Waals surface area contributed by atoms with Gasteiger partial charge in [-0.3, -0.25) is 4.98 Å². The molecule has 0 aliphatic carbocycles. The molecule has 0 unspecified atom stereocenters. The molecule has 5 heteroatoms. The van der Waals surface area contributed by atoms with Crippen molar-refractivity contribution in [3.63, 3.8) is 0 Å². The van der Waals surface area contributed by atoms with Gasteiger partial charge in [-0.1, -0.05) is 38.1 Å². The molecular formula is C19H18BF2N2. The highest BCUT2D eigenvalue weighted by Gasteiger charge is 2.19. The highest BCUT2D eigenvalue weighted by atomic mass is 19.1. The lowest BCUT2D eigenvalue weighted by molar-refractivity contribution is 0.626. The number of imidazole rings is 1. The van der Waals surface area contributed by atoms with Gasteiger partial charge < -0.3 is 4.98 Å². The maximum atomic E-state index is 13.2. The minimum atomic E-state index is -0.281. The zero-order valence-electron chi connectivity index (χ0n) is 13.6. The van der Waals surface area contributed by atoms with Crippen LogP contribution in [-0.4, -0.2) is 17.2 Å². The molecule has 0 bridgehead atoms. The summed E-state index contributed by atoms with van der Waals surface area (Å²) in [5.74, 6) is -0.347. The summed E-state index contributed by atoms with van der Waals surface area (Å²) in [6.07, 6.45) is 1.82. The Morgan fingerprint density at radius 2 is 1.38 bits per heavy atom. The van der Waals surface area contributed by atoms with Crippen LogP contribution in [0.3, 0.4) is 0 Å². The fourth-order valence-electron chi connectivity index (χ4n) is 2.61. The van der Waals surface area contributed by atoms with E-state index < -0.39 is 0 Å². The van der Waals surface area contributed by atoms with Crippen LogP contribution in [0, 0.1) is 11.6 Å². The number of aromatic amines is 1. The molecule has 0 atom stereocenters. The Kier molecular flexibility index (Phi) is 4.79. The summed E-state index contributed by atoms with van der Waals surface area (Å²) in [6, 6.07) is 12.7. The van der Waals surface area contributed by atoms with Crippen LogP contribution in [0.25, 0.3) is 0 Å². The van der Waals surface area contributed by atoms with Crippen LogP contribution in [-0.2, 0) is 0 Å². The molecule has 1 heterocycles. The fourth-order valence-corrected chi connectivity index (χ4v) is 2.61. The van der Waals surface area contributed by atoms with E-state index in [4.69, 9.17) is 0 Å². The van der Waals surface area contributed by atoms with E-state index >= 15 is 0 Å². The molecule has 2 aromatic carbocycles. The highest BCUT2D eigenvalue weighted by Crippen LogP contribution is 2.24. The Hall–Kier alpha value is -2.43. The summed E-state index contributed by atoms with van der Waals surface area (Å²) in [5.41, 5.74) is 3.64. The Labute approximate surface area is 141 Å². The van der Waals surface area contributed by atoms with Crippen molar-refractivity contribution in [2.45, 2.75) is 25.6 Å². The Morgan fingerprint density at radius 3 is 1.79 bits per heavy atom. The second-order valence-electron chi connectivity index (χ2n) is 6.13. The van der Waals surface area contributed by atoms with E-state index in [1.807, 2.05) is 13.5 Å². The Balaban J connectivity index is 1.94. The number of hydrogen-bond acceptors (Lipinski definition) is 1. The lowest BCUT2D eigenvalue weighted by Crippen LogP contribution is -2.26. The van der Waals surface area contributed by atoms with Gasteiger partial charge in [-0.2, -0.15) is 0 Å². The van der Waals surface area contributed by atoms with E-state index in [2.05, 4.69) is 23.8 Å². The van der Waals surface area contributed by atoms with Crippen molar-refractivity contribution in [3.05, 3.63) is 83.2 Å². The van der Waals surface area contributed by atoms with Gasteiger partial charge >= 0.3 is 0 Å². The summed E-state index contributed by atoms with van der Waals surface area (Å²) in [4.78, 5) is 7.69. The van der Waals surface area contributed by atoms with Crippen LogP contribution < -0.4 is 5.72 Å². The molecule has 0 aliphatic heterocycles. The quantitative estimate of drug-likeness (QED) is 0.708. The van der Waals surface area contributed by atoms with Gasteiger partial charge in [0.15, 0.2) is 0 Å². The first-order valence-corrected chi connectivity index (χ1v) is 7.93. The van der Waals surface area contributed by atoms with Gasteiger partial charge in [0.25, 0.3) is 0 Å². The second kappa shape index (κ2) is 6.99. The maximum Gasteiger partial charge on any atom is 0.215 e. The van der Waals surface area contributed by atoms with Crippen molar-refractivity contribution >= 4 is 13.0 Å². The number of hydrogen-bond donors (Lipinski definition) is 1. The predicted molar refractivity (Wildman–Crippen MR) is 92.7 cm³/mol. The van der Waals surface area contributed by atoms with Crippen LogP contribution in [0.1, 0.15) is 42.4 Å². The normalized spacial score (nSPS) is 11.2. The number of rotatable bonds is 5. The molecular weight excluding hydrogens is 305 g/mol. The van der Waals surface area contributed by atoms with Gasteiger partial charge in [-0.05, 0) is 47.1 Å². The number of H-pyrrole nitrogens is 1. The third-order valence-electron chi connectivity index (χ3n) is 4.02. The number of nitrogens with one attached hydrogen (secondary N) is 1. The summed E-state index contributed by atoms with van der Waals surface area (Å²) >= 11 is 0. The molecule has 0 spiro atoms. The molecule has 3 aromatic rings. The molecule has 0 aliphatic rings. The first-order valence-electron chi connectivity index (χ1n) is 7.93. The standard InChI is InChI=1S/C19H18BF2N2/c1-12(2)17-11-23-19(24-17)20-18(13-3-7-15(21)8-4-13)14-5-9-16(22)10-6-14/h3-12,18H,1-2H3,(H,23,24). The number of aromatic nitrogens is 2. The molecule has 1 radical (unpaired) electrons. The Morgan fingerprint density at radius 1 is 0.875 bits per heavy atom.